The summed E-state index contributed by atoms with van der Waals surface area (Å²) in [6.45, 7) is 0. The number of para-hydroxylation sites is 1. The normalized spacial score (nSPS) is 11.6. The van der Waals surface area contributed by atoms with Crippen molar-refractivity contribution in [3.05, 3.63) is 85.0 Å². The topological polar surface area (TPSA) is 78.9 Å². The Bertz CT molecular complexity index is 1690. The highest BCUT2D eigenvalue weighted by molar-refractivity contribution is 9.10. The van der Waals surface area contributed by atoms with Crippen molar-refractivity contribution in [2.24, 2.45) is 5.10 Å². The third-order valence-electron chi connectivity index (χ3n) is 5.34. The Morgan fingerprint density at radius 1 is 1.09 bits per heavy atom. The number of aromatic nitrogens is 2. The van der Waals surface area contributed by atoms with E-state index in [-0.39, 0.29) is 11.4 Å². The molecule has 2 heterocycles. The molecule has 7 nitrogen and oxygen atoms in total. The highest BCUT2D eigenvalue weighted by Gasteiger charge is 2.18. The molecule has 0 N–H and O–H groups in total. The van der Waals surface area contributed by atoms with Crippen LogP contribution in [0.3, 0.4) is 0 Å². The van der Waals surface area contributed by atoms with Crippen molar-refractivity contribution in [1.29, 1.82) is 0 Å². The molecule has 0 radical (unpaired) electrons. The molecular formula is C25H16BrCl2N3O4. The smallest absolute Gasteiger partial charge is 0.282 e. The molecule has 0 unspecified atom stereocenters. The molecule has 0 atom stereocenters. The molecule has 10 heteroatoms. The Morgan fingerprint density at radius 3 is 2.66 bits per heavy atom. The fourth-order valence-corrected chi connectivity index (χ4v) is 4.53. The van der Waals surface area contributed by atoms with E-state index < -0.39 is 0 Å². The molecule has 0 amide bonds. The van der Waals surface area contributed by atoms with E-state index in [1.165, 1.54) is 25.1 Å². The van der Waals surface area contributed by atoms with Gasteiger partial charge in [-0.15, -0.1) is 0 Å². The maximum atomic E-state index is 13.5. The number of rotatable bonds is 5. The predicted octanol–water partition coefficient (Wildman–Crippen LogP) is 6.78. The second-order valence-electron chi connectivity index (χ2n) is 7.44. The molecule has 0 aliphatic heterocycles. The summed E-state index contributed by atoms with van der Waals surface area (Å²) in [5.74, 6) is 1.40. The van der Waals surface area contributed by atoms with Crippen LogP contribution in [0.25, 0.3) is 33.5 Å². The lowest BCUT2D eigenvalue weighted by Gasteiger charge is -2.12. The standard InChI is InChI=1S/C25H16BrCl2N3O4/c1-33-19-11-14(21(26)22(28)23(19)34-2)12-29-31-24(30-17-6-4-3-5-16(17)25(31)32)20-10-13-9-15(27)7-8-18(13)35-20/h3-12H,1-2H3. The molecular weight excluding hydrogens is 557 g/mol. The number of ether oxygens (including phenoxy) is 2. The minimum absolute atomic E-state index is 0.236. The van der Waals surface area contributed by atoms with Crippen molar-refractivity contribution >= 4 is 67.2 Å². The fraction of sp³-hybridized carbons (Fsp3) is 0.0800. The number of hydrogen-bond donors (Lipinski definition) is 0. The number of furan rings is 1. The van der Waals surface area contributed by atoms with Crippen molar-refractivity contribution in [3.8, 4) is 23.1 Å². The zero-order valence-electron chi connectivity index (χ0n) is 18.4. The van der Waals surface area contributed by atoms with E-state index in [0.29, 0.717) is 53.8 Å². The van der Waals surface area contributed by atoms with Crippen LogP contribution < -0.4 is 15.0 Å². The van der Waals surface area contributed by atoms with Crippen LogP contribution in [0.1, 0.15) is 5.56 Å². The second-order valence-corrected chi connectivity index (χ2v) is 9.04. The van der Waals surface area contributed by atoms with Gasteiger partial charge in [0.2, 0.25) is 5.82 Å². The lowest BCUT2D eigenvalue weighted by Crippen LogP contribution is -2.20. The summed E-state index contributed by atoms with van der Waals surface area (Å²) in [7, 11) is 3.00. The molecule has 0 saturated heterocycles. The van der Waals surface area contributed by atoms with Gasteiger partial charge in [-0.25, -0.2) is 4.98 Å². The molecule has 2 aromatic heterocycles. The van der Waals surface area contributed by atoms with Gasteiger partial charge in [-0.05, 0) is 58.4 Å². The van der Waals surface area contributed by atoms with Crippen molar-refractivity contribution in [2.45, 2.75) is 0 Å². The minimum Gasteiger partial charge on any atom is -0.493 e. The molecule has 35 heavy (non-hydrogen) atoms. The monoisotopic (exact) mass is 571 g/mol. The van der Waals surface area contributed by atoms with Crippen LogP contribution in [-0.2, 0) is 0 Å². The molecule has 0 fully saturated rings. The summed E-state index contributed by atoms with van der Waals surface area (Å²) in [4.78, 5) is 18.1. The van der Waals surface area contributed by atoms with Gasteiger partial charge in [0.25, 0.3) is 5.56 Å². The van der Waals surface area contributed by atoms with Gasteiger partial charge in [-0.1, -0.05) is 35.3 Å². The molecule has 3 aromatic carbocycles. The SMILES string of the molecule is COc1cc(C=Nn2c(-c3cc4cc(Cl)ccc4o3)nc3ccccc3c2=O)c(Br)c(Cl)c1OC. The van der Waals surface area contributed by atoms with Gasteiger partial charge in [0.15, 0.2) is 17.3 Å². The summed E-state index contributed by atoms with van der Waals surface area (Å²) in [5.41, 5.74) is 1.34. The Balaban J connectivity index is 1.73. The maximum absolute atomic E-state index is 13.5. The van der Waals surface area contributed by atoms with Gasteiger partial charge >= 0.3 is 0 Å². The Labute approximate surface area is 217 Å². The van der Waals surface area contributed by atoms with E-state index in [1.807, 2.05) is 6.07 Å². The number of halogens is 3. The second kappa shape index (κ2) is 9.37. The summed E-state index contributed by atoms with van der Waals surface area (Å²) in [5, 5.41) is 6.54. The van der Waals surface area contributed by atoms with Crippen LogP contribution >= 0.6 is 39.1 Å². The number of benzene rings is 3. The lowest BCUT2D eigenvalue weighted by molar-refractivity contribution is 0.355. The molecule has 0 saturated carbocycles. The summed E-state index contributed by atoms with van der Waals surface area (Å²) in [6, 6.07) is 15.8. The van der Waals surface area contributed by atoms with Crippen LogP contribution in [0, 0.1) is 0 Å². The van der Waals surface area contributed by atoms with Gasteiger partial charge in [-0.2, -0.15) is 9.78 Å². The number of hydrogen-bond acceptors (Lipinski definition) is 6. The van der Waals surface area contributed by atoms with E-state index in [0.717, 1.165) is 5.39 Å². The highest BCUT2D eigenvalue weighted by atomic mass is 79.9. The third kappa shape index (κ3) is 4.18. The first-order valence-corrected chi connectivity index (χ1v) is 11.8. The van der Waals surface area contributed by atoms with Gasteiger partial charge in [0.1, 0.15) is 10.6 Å². The van der Waals surface area contributed by atoms with E-state index in [4.69, 9.17) is 37.1 Å². The summed E-state index contributed by atoms with van der Waals surface area (Å²) < 4.78 is 18.4. The summed E-state index contributed by atoms with van der Waals surface area (Å²) in [6.07, 6.45) is 1.48. The fourth-order valence-electron chi connectivity index (χ4n) is 3.68. The maximum Gasteiger partial charge on any atom is 0.282 e. The lowest BCUT2D eigenvalue weighted by atomic mass is 10.2. The number of nitrogens with zero attached hydrogens (tertiary/aromatic N) is 3. The first kappa shape index (κ1) is 23.4. The van der Waals surface area contributed by atoms with Crippen molar-refractivity contribution < 1.29 is 13.9 Å². The van der Waals surface area contributed by atoms with Crippen LogP contribution in [0.4, 0.5) is 0 Å². The van der Waals surface area contributed by atoms with Crippen molar-refractivity contribution in [1.82, 2.24) is 9.66 Å². The molecule has 0 bridgehead atoms. The number of methoxy groups -OCH3 is 2. The average Bonchev–Trinajstić information content (AvgIpc) is 3.28. The van der Waals surface area contributed by atoms with E-state index >= 15 is 0 Å². The zero-order valence-corrected chi connectivity index (χ0v) is 21.5. The van der Waals surface area contributed by atoms with Crippen LogP contribution in [-0.4, -0.2) is 30.1 Å². The molecule has 0 aliphatic rings. The van der Waals surface area contributed by atoms with Gasteiger partial charge in [-0.3, -0.25) is 4.79 Å². The average molecular weight is 573 g/mol. The Kier molecular flexibility index (Phi) is 6.27. The summed E-state index contributed by atoms with van der Waals surface area (Å²) >= 11 is 16.0. The molecule has 176 valence electrons. The van der Waals surface area contributed by atoms with Crippen molar-refractivity contribution in [2.75, 3.05) is 14.2 Å². The predicted molar refractivity (Wildman–Crippen MR) is 141 cm³/mol. The van der Waals surface area contributed by atoms with Crippen LogP contribution in [0.15, 0.2) is 73.4 Å². The first-order valence-electron chi connectivity index (χ1n) is 10.3. The number of fused-ring (bicyclic) bond motifs is 2. The molecule has 0 spiro atoms. The molecule has 0 aliphatic carbocycles. The zero-order chi connectivity index (χ0) is 24.7. The minimum atomic E-state index is -0.358. The van der Waals surface area contributed by atoms with E-state index in [1.54, 1.807) is 48.5 Å². The van der Waals surface area contributed by atoms with Gasteiger partial charge in [0, 0.05) is 20.4 Å². The van der Waals surface area contributed by atoms with Crippen LogP contribution in [0.2, 0.25) is 10.0 Å². The van der Waals surface area contributed by atoms with Gasteiger partial charge < -0.3 is 13.9 Å². The van der Waals surface area contributed by atoms with Gasteiger partial charge in [0.05, 0.1) is 31.3 Å². The van der Waals surface area contributed by atoms with E-state index in [9.17, 15) is 4.79 Å². The highest BCUT2D eigenvalue weighted by Crippen LogP contribution is 2.41. The Morgan fingerprint density at radius 2 is 1.89 bits per heavy atom. The first-order chi connectivity index (χ1) is 16.9. The van der Waals surface area contributed by atoms with Crippen LogP contribution in [0.5, 0.6) is 11.5 Å². The molecule has 5 aromatic rings. The molecule has 5 rings (SSSR count). The Hall–Kier alpha value is -3.33. The quantitative estimate of drug-likeness (QED) is 0.217. The third-order valence-corrected chi connectivity index (χ3v) is 7.02. The van der Waals surface area contributed by atoms with E-state index in [2.05, 4.69) is 26.0 Å². The van der Waals surface area contributed by atoms with Crippen molar-refractivity contribution in [3.63, 3.8) is 0 Å². The largest absolute Gasteiger partial charge is 0.493 e.